The first-order valence-electron chi connectivity index (χ1n) is 5.83. The van der Waals surface area contributed by atoms with Crippen molar-refractivity contribution in [3.63, 3.8) is 0 Å². The van der Waals surface area contributed by atoms with Crippen LogP contribution in [0.5, 0.6) is 0 Å². The first kappa shape index (κ1) is 14.1. The molecule has 0 bridgehead atoms. The number of aromatic nitrogens is 1. The Labute approximate surface area is 142 Å². The summed E-state index contributed by atoms with van der Waals surface area (Å²) in [5, 5.41) is 1.35. The summed E-state index contributed by atoms with van der Waals surface area (Å²) in [6.45, 7) is 0. The molecule has 100 valence electrons. The van der Waals surface area contributed by atoms with Gasteiger partial charge < -0.3 is 4.98 Å². The molecule has 0 aliphatic carbocycles. The molecule has 5 heteroatoms. The number of H-pyrrole nitrogens is 1. The minimum Gasteiger partial charge on any atom is -0.360 e. The third-order valence-electron chi connectivity index (χ3n) is 3.07. The molecule has 3 aromatic rings. The Bertz CT molecular complexity index is 828. The lowest BCUT2D eigenvalue weighted by atomic mass is 10.0. The van der Waals surface area contributed by atoms with Gasteiger partial charge in [0.25, 0.3) is 0 Å². The van der Waals surface area contributed by atoms with Gasteiger partial charge in [0.2, 0.25) is 0 Å². The van der Waals surface area contributed by atoms with Crippen molar-refractivity contribution in [3.8, 4) is 0 Å². The Morgan fingerprint density at radius 3 is 2.80 bits per heavy atom. The van der Waals surface area contributed by atoms with Gasteiger partial charge in [0.15, 0.2) is 5.78 Å². The van der Waals surface area contributed by atoms with E-state index in [1.54, 1.807) is 12.3 Å². The number of benzene rings is 2. The summed E-state index contributed by atoms with van der Waals surface area (Å²) in [4.78, 5) is 15.8. The molecule has 0 saturated heterocycles. The smallest absolute Gasteiger partial charge is 0.196 e. The Kier molecular flexibility index (Phi) is 3.88. The first-order chi connectivity index (χ1) is 9.58. The molecule has 1 aromatic heterocycles. The normalized spacial score (nSPS) is 10.9. The molecular weight excluding hydrogens is 452 g/mol. The molecule has 20 heavy (non-hydrogen) atoms. The molecule has 0 aliphatic heterocycles. The number of hydrogen-bond acceptors (Lipinski definition) is 1. The van der Waals surface area contributed by atoms with Gasteiger partial charge in [-0.25, -0.2) is 0 Å². The number of nitrogens with one attached hydrogen (secondary N) is 1. The SMILES string of the molecule is O=C(c1cc(Br)ccc1I)c1c[nH]c2cccc(Cl)c12. The van der Waals surface area contributed by atoms with Gasteiger partial charge >= 0.3 is 0 Å². The quantitative estimate of drug-likeness (QED) is 0.402. The van der Waals surface area contributed by atoms with E-state index in [0.29, 0.717) is 16.1 Å². The van der Waals surface area contributed by atoms with Crippen molar-refractivity contribution < 1.29 is 4.79 Å². The lowest BCUT2D eigenvalue weighted by molar-refractivity contribution is 0.103. The van der Waals surface area contributed by atoms with Gasteiger partial charge in [0, 0.05) is 36.3 Å². The molecule has 0 fully saturated rings. The lowest BCUT2D eigenvalue weighted by Crippen LogP contribution is -2.03. The summed E-state index contributed by atoms with van der Waals surface area (Å²) in [6, 6.07) is 11.2. The molecule has 1 N–H and O–H groups in total. The van der Waals surface area contributed by atoms with E-state index in [4.69, 9.17) is 11.6 Å². The third kappa shape index (κ3) is 2.40. The summed E-state index contributed by atoms with van der Waals surface area (Å²) in [7, 11) is 0. The number of aromatic amines is 1. The van der Waals surface area contributed by atoms with E-state index in [0.717, 1.165) is 18.9 Å². The van der Waals surface area contributed by atoms with Crippen molar-refractivity contribution in [2.45, 2.75) is 0 Å². The molecule has 0 atom stereocenters. The zero-order valence-corrected chi connectivity index (χ0v) is 14.6. The highest BCUT2D eigenvalue weighted by Gasteiger charge is 2.18. The molecule has 0 aliphatic rings. The fourth-order valence-electron chi connectivity index (χ4n) is 2.14. The summed E-state index contributed by atoms with van der Waals surface area (Å²) in [5.41, 5.74) is 2.13. The molecule has 0 amide bonds. The van der Waals surface area contributed by atoms with Crippen LogP contribution >= 0.6 is 50.1 Å². The number of halogens is 3. The van der Waals surface area contributed by atoms with E-state index >= 15 is 0 Å². The minimum absolute atomic E-state index is 0.0324. The van der Waals surface area contributed by atoms with Gasteiger partial charge in [-0.1, -0.05) is 33.6 Å². The Hall–Kier alpha value is -0.850. The van der Waals surface area contributed by atoms with Crippen molar-refractivity contribution in [2.75, 3.05) is 0 Å². The molecular formula is C15H8BrClINO. The highest BCUT2D eigenvalue weighted by atomic mass is 127. The van der Waals surface area contributed by atoms with Crippen LogP contribution in [0.25, 0.3) is 10.9 Å². The third-order valence-corrected chi connectivity index (χ3v) is 4.82. The number of rotatable bonds is 2. The number of carbonyl (C=O) groups is 1. The van der Waals surface area contributed by atoms with Gasteiger partial charge in [-0.15, -0.1) is 0 Å². The zero-order chi connectivity index (χ0) is 14.3. The van der Waals surface area contributed by atoms with Crippen LogP contribution in [0.1, 0.15) is 15.9 Å². The van der Waals surface area contributed by atoms with Crippen LogP contribution in [0.4, 0.5) is 0 Å². The van der Waals surface area contributed by atoms with Crippen LogP contribution in [-0.4, -0.2) is 10.8 Å². The molecule has 2 nitrogen and oxygen atoms in total. The van der Waals surface area contributed by atoms with Crippen molar-refractivity contribution in [2.24, 2.45) is 0 Å². The van der Waals surface area contributed by atoms with Crippen LogP contribution in [0, 0.1) is 3.57 Å². The highest BCUT2D eigenvalue weighted by Crippen LogP contribution is 2.29. The fraction of sp³-hybridized carbons (Fsp3) is 0. The van der Waals surface area contributed by atoms with Crippen molar-refractivity contribution in [1.82, 2.24) is 4.98 Å². The number of hydrogen-bond donors (Lipinski definition) is 1. The monoisotopic (exact) mass is 459 g/mol. The molecule has 1 heterocycles. The summed E-state index contributed by atoms with van der Waals surface area (Å²) < 4.78 is 1.80. The average Bonchev–Trinajstić information content (AvgIpc) is 2.86. The summed E-state index contributed by atoms with van der Waals surface area (Å²) >= 11 is 11.8. The Balaban J connectivity index is 2.21. The van der Waals surface area contributed by atoms with Crippen LogP contribution in [0.3, 0.4) is 0 Å². The van der Waals surface area contributed by atoms with Crippen molar-refractivity contribution in [1.29, 1.82) is 0 Å². The van der Waals surface area contributed by atoms with E-state index in [2.05, 4.69) is 43.5 Å². The maximum absolute atomic E-state index is 12.7. The molecule has 3 rings (SSSR count). The first-order valence-corrected chi connectivity index (χ1v) is 8.08. The van der Waals surface area contributed by atoms with E-state index < -0.39 is 0 Å². The average molecular weight is 460 g/mol. The maximum Gasteiger partial charge on any atom is 0.196 e. The van der Waals surface area contributed by atoms with Crippen molar-refractivity contribution >= 4 is 66.8 Å². The molecule has 2 aromatic carbocycles. The second kappa shape index (κ2) is 5.50. The number of carbonyl (C=O) groups excluding carboxylic acids is 1. The Morgan fingerprint density at radius 2 is 2.00 bits per heavy atom. The predicted octanol–water partition coefficient (Wildman–Crippen LogP) is 5.42. The lowest BCUT2D eigenvalue weighted by Gasteiger charge is -2.04. The van der Waals surface area contributed by atoms with Crippen LogP contribution < -0.4 is 0 Å². The molecule has 0 unspecified atom stereocenters. The van der Waals surface area contributed by atoms with E-state index in [1.165, 1.54) is 0 Å². The second-order valence-corrected chi connectivity index (χ2v) is 6.80. The maximum atomic E-state index is 12.7. The van der Waals surface area contributed by atoms with E-state index in [-0.39, 0.29) is 5.78 Å². The highest BCUT2D eigenvalue weighted by molar-refractivity contribution is 14.1. The second-order valence-electron chi connectivity index (χ2n) is 4.32. The van der Waals surface area contributed by atoms with Crippen LogP contribution in [0.15, 0.2) is 47.1 Å². The molecule has 0 spiro atoms. The van der Waals surface area contributed by atoms with Crippen LogP contribution in [-0.2, 0) is 0 Å². The zero-order valence-electron chi connectivity index (χ0n) is 10.1. The number of fused-ring (bicyclic) bond motifs is 1. The largest absolute Gasteiger partial charge is 0.360 e. The standard InChI is InChI=1S/C15H8BrClINO/c16-8-4-5-12(18)9(6-8)15(20)10-7-19-13-3-1-2-11(17)14(10)13/h1-7,19H. The molecule has 0 saturated carbocycles. The van der Waals surface area contributed by atoms with Crippen molar-refractivity contribution in [3.05, 3.63) is 66.8 Å². The van der Waals surface area contributed by atoms with E-state index in [9.17, 15) is 4.79 Å². The molecule has 0 radical (unpaired) electrons. The minimum atomic E-state index is -0.0324. The van der Waals surface area contributed by atoms with Gasteiger partial charge in [-0.05, 0) is 52.9 Å². The topological polar surface area (TPSA) is 32.9 Å². The Morgan fingerprint density at radius 1 is 1.20 bits per heavy atom. The van der Waals surface area contributed by atoms with Gasteiger partial charge in [0.1, 0.15) is 0 Å². The van der Waals surface area contributed by atoms with Gasteiger partial charge in [0.05, 0.1) is 5.02 Å². The van der Waals surface area contributed by atoms with Crippen LogP contribution in [0.2, 0.25) is 5.02 Å². The van der Waals surface area contributed by atoms with Gasteiger partial charge in [-0.2, -0.15) is 0 Å². The summed E-state index contributed by atoms with van der Waals surface area (Å²) in [6.07, 6.45) is 1.72. The van der Waals surface area contributed by atoms with Gasteiger partial charge in [-0.3, -0.25) is 4.79 Å². The van der Waals surface area contributed by atoms with E-state index in [1.807, 2.05) is 30.3 Å². The predicted molar refractivity (Wildman–Crippen MR) is 93.6 cm³/mol. The fourth-order valence-corrected chi connectivity index (χ4v) is 3.35. The number of ketones is 1. The summed E-state index contributed by atoms with van der Waals surface area (Å²) in [5.74, 6) is -0.0324.